The number of amides is 1. The molecule has 1 aliphatic rings. The molecule has 2 rings (SSSR count). The molecule has 0 aromatic heterocycles. The average molecular weight is 269 g/mol. The van der Waals surface area contributed by atoms with Crippen LogP contribution >= 0.6 is 0 Å². The Hall–Kier alpha value is -2.16. The van der Waals surface area contributed by atoms with Gasteiger partial charge >= 0.3 is 0 Å². The van der Waals surface area contributed by atoms with Crippen LogP contribution in [0.3, 0.4) is 0 Å². The molecule has 0 radical (unpaired) electrons. The van der Waals surface area contributed by atoms with E-state index in [1.807, 2.05) is 17.0 Å². The van der Waals surface area contributed by atoms with E-state index in [0.717, 1.165) is 13.0 Å². The number of allylic oxidation sites excluding steroid dienone is 2. The zero-order chi connectivity index (χ0) is 14.5. The SMILES string of the molecule is C=CC(=C)C(=O)CCC(=O)N1CCc2ccccc2C1. The fraction of sp³-hybridized carbons (Fsp3) is 0.294. The van der Waals surface area contributed by atoms with Crippen LogP contribution < -0.4 is 0 Å². The van der Waals surface area contributed by atoms with Crippen molar-refractivity contribution in [3.8, 4) is 0 Å². The number of Topliss-reactive ketones (excluding diaryl/α,β-unsaturated/α-hetero) is 1. The number of fused-ring (bicyclic) bond motifs is 1. The monoisotopic (exact) mass is 269 g/mol. The molecule has 1 aromatic carbocycles. The number of carbonyl (C=O) groups is 2. The summed E-state index contributed by atoms with van der Waals surface area (Å²) in [5, 5.41) is 0. The minimum absolute atomic E-state index is 0.0321. The van der Waals surface area contributed by atoms with Crippen LogP contribution in [-0.4, -0.2) is 23.1 Å². The topological polar surface area (TPSA) is 37.4 Å². The fourth-order valence-corrected chi connectivity index (χ4v) is 2.36. The number of carbonyl (C=O) groups excluding carboxylic acids is 2. The highest BCUT2D eigenvalue weighted by atomic mass is 16.2. The largest absolute Gasteiger partial charge is 0.338 e. The first-order valence-electron chi connectivity index (χ1n) is 6.81. The fourth-order valence-electron chi connectivity index (χ4n) is 2.36. The summed E-state index contributed by atoms with van der Waals surface area (Å²) in [5.74, 6) is -0.0736. The van der Waals surface area contributed by atoms with E-state index < -0.39 is 0 Å². The van der Waals surface area contributed by atoms with Crippen molar-refractivity contribution in [3.63, 3.8) is 0 Å². The van der Waals surface area contributed by atoms with Crippen molar-refractivity contribution in [2.45, 2.75) is 25.8 Å². The Bertz CT molecular complexity index is 560. The van der Waals surface area contributed by atoms with Crippen LogP contribution in [0.5, 0.6) is 0 Å². The van der Waals surface area contributed by atoms with E-state index in [1.54, 1.807) is 0 Å². The molecule has 0 saturated carbocycles. The lowest BCUT2D eigenvalue weighted by atomic mass is 9.99. The normalized spacial score (nSPS) is 13.5. The van der Waals surface area contributed by atoms with E-state index in [-0.39, 0.29) is 24.5 Å². The lowest BCUT2D eigenvalue weighted by molar-refractivity contribution is -0.133. The zero-order valence-corrected chi connectivity index (χ0v) is 11.6. The van der Waals surface area contributed by atoms with Gasteiger partial charge in [0.05, 0.1) is 0 Å². The van der Waals surface area contributed by atoms with Gasteiger partial charge in [-0.2, -0.15) is 0 Å². The smallest absolute Gasteiger partial charge is 0.223 e. The highest BCUT2D eigenvalue weighted by molar-refractivity contribution is 5.98. The van der Waals surface area contributed by atoms with Gasteiger partial charge in [0, 0.05) is 31.5 Å². The van der Waals surface area contributed by atoms with Gasteiger partial charge < -0.3 is 4.90 Å². The predicted molar refractivity (Wildman–Crippen MR) is 79.1 cm³/mol. The minimum atomic E-state index is -0.106. The Morgan fingerprint density at radius 1 is 1.20 bits per heavy atom. The second-order valence-corrected chi connectivity index (χ2v) is 4.99. The Morgan fingerprint density at radius 2 is 1.90 bits per heavy atom. The van der Waals surface area contributed by atoms with E-state index in [1.165, 1.54) is 17.2 Å². The van der Waals surface area contributed by atoms with E-state index >= 15 is 0 Å². The second-order valence-electron chi connectivity index (χ2n) is 4.99. The Morgan fingerprint density at radius 3 is 2.60 bits per heavy atom. The van der Waals surface area contributed by atoms with Crippen molar-refractivity contribution in [1.29, 1.82) is 0 Å². The van der Waals surface area contributed by atoms with Crippen LogP contribution in [0.25, 0.3) is 0 Å². The molecule has 3 nitrogen and oxygen atoms in total. The molecule has 0 bridgehead atoms. The number of ketones is 1. The van der Waals surface area contributed by atoms with Gasteiger partial charge in [0.2, 0.25) is 5.91 Å². The van der Waals surface area contributed by atoms with Crippen molar-refractivity contribution in [3.05, 3.63) is 60.2 Å². The minimum Gasteiger partial charge on any atom is -0.338 e. The number of rotatable bonds is 5. The first kappa shape index (κ1) is 14.3. The van der Waals surface area contributed by atoms with Gasteiger partial charge in [0.1, 0.15) is 0 Å². The lowest BCUT2D eigenvalue weighted by Gasteiger charge is -2.28. The number of nitrogens with zero attached hydrogens (tertiary/aromatic N) is 1. The van der Waals surface area contributed by atoms with Gasteiger partial charge in [0.25, 0.3) is 0 Å². The number of hydrogen-bond acceptors (Lipinski definition) is 2. The first-order valence-corrected chi connectivity index (χ1v) is 6.81. The summed E-state index contributed by atoms with van der Waals surface area (Å²) in [4.78, 5) is 25.6. The molecule has 1 aliphatic heterocycles. The summed E-state index contributed by atoms with van der Waals surface area (Å²) in [6, 6.07) is 8.18. The zero-order valence-electron chi connectivity index (χ0n) is 11.6. The molecule has 0 aliphatic carbocycles. The Kier molecular flexibility index (Phi) is 4.51. The van der Waals surface area contributed by atoms with Crippen LogP contribution in [0.1, 0.15) is 24.0 Å². The highest BCUT2D eigenvalue weighted by Crippen LogP contribution is 2.19. The van der Waals surface area contributed by atoms with Crippen LogP contribution in [0.2, 0.25) is 0 Å². The van der Waals surface area contributed by atoms with E-state index in [0.29, 0.717) is 12.1 Å². The van der Waals surface area contributed by atoms with Gasteiger partial charge in [0.15, 0.2) is 5.78 Å². The Labute approximate surface area is 119 Å². The van der Waals surface area contributed by atoms with Crippen molar-refractivity contribution in [1.82, 2.24) is 4.90 Å². The molecule has 1 aromatic rings. The van der Waals surface area contributed by atoms with E-state index in [2.05, 4.69) is 25.3 Å². The van der Waals surface area contributed by atoms with Crippen LogP contribution in [0, 0.1) is 0 Å². The Balaban J connectivity index is 1.90. The summed E-state index contributed by atoms with van der Waals surface area (Å²) in [5.41, 5.74) is 2.89. The third kappa shape index (κ3) is 3.23. The van der Waals surface area contributed by atoms with E-state index in [9.17, 15) is 9.59 Å². The van der Waals surface area contributed by atoms with Crippen molar-refractivity contribution in [2.24, 2.45) is 0 Å². The van der Waals surface area contributed by atoms with Crippen LogP contribution in [0.15, 0.2) is 49.1 Å². The molecule has 0 fully saturated rings. The quantitative estimate of drug-likeness (QED) is 0.609. The molecular formula is C17H19NO2. The van der Waals surface area contributed by atoms with Crippen LogP contribution in [0.4, 0.5) is 0 Å². The van der Waals surface area contributed by atoms with Gasteiger partial charge in [-0.1, -0.05) is 43.5 Å². The molecule has 3 heteroatoms. The molecule has 104 valence electrons. The highest BCUT2D eigenvalue weighted by Gasteiger charge is 2.20. The third-order valence-corrected chi connectivity index (χ3v) is 3.65. The van der Waals surface area contributed by atoms with Gasteiger partial charge in [-0.05, 0) is 17.5 Å². The van der Waals surface area contributed by atoms with Crippen LogP contribution in [-0.2, 0) is 22.6 Å². The molecule has 1 heterocycles. The molecule has 0 N–H and O–H groups in total. The average Bonchev–Trinajstić information content (AvgIpc) is 2.50. The summed E-state index contributed by atoms with van der Waals surface area (Å²) < 4.78 is 0. The molecular weight excluding hydrogens is 250 g/mol. The summed E-state index contributed by atoms with van der Waals surface area (Å²) in [6.45, 7) is 8.48. The molecule has 0 spiro atoms. The maximum absolute atomic E-state index is 12.1. The van der Waals surface area contributed by atoms with Crippen molar-refractivity contribution < 1.29 is 9.59 Å². The summed E-state index contributed by atoms with van der Waals surface area (Å²) >= 11 is 0. The number of benzene rings is 1. The van der Waals surface area contributed by atoms with Gasteiger partial charge in [-0.15, -0.1) is 0 Å². The standard InChI is InChI=1S/C17H19NO2/c1-3-13(2)16(19)8-9-17(20)18-11-10-14-6-4-5-7-15(14)12-18/h3-7H,1-2,8-12H2. The lowest BCUT2D eigenvalue weighted by Crippen LogP contribution is -2.36. The van der Waals surface area contributed by atoms with Gasteiger partial charge in [-0.3, -0.25) is 9.59 Å². The number of hydrogen-bond donors (Lipinski definition) is 0. The van der Waals surface area contributed by atoms with Crippen molar-refractivity contribution >= 4 is 11.7 Å². The molecule has 0 atom stereocenters. The first-order chi connectivity index (χ1) is 9.61. The predicted octanol–water partition coefficient (Wildman–Crippen LogP) is 2.66. The van der Waals surface area contributed by atoms with Gasteiger partial charge in [-0.25, -0.2) is 0 Å². The summed E-state index contributed by atoms with van der Waals surface area (Å²) in [6.07, 6.45) is 2.77. The maximum atomic E-state index is 12.1. The molecule has 1 amide bonds. The third-order valence-electron chi connectivity index (χ3n) is 3.65. The second kappa shape index (κ2) is 6.33. The maximum Gasteiger partial charge on any atom is 0.223 e. The van der Waals surface area contributed by atoms with E-state index in [4.69, 9.17) is 0 Å². The van der Waals surface area contributed by atoms with Crippen molar-refractivity contribution in [2.75, 3.05) is 6.54 Å². The molecule has 0 saturated heterocycles. The molecule has 0 unspecified atom stereocenters. The summed E-state index contributed by atoms with van der Waals surface area (Å²) in [7, 11) is 0. The molecule has 20 heavy (non-hydrogen) atoms.